The number of aromatic nitrogens is 7. The van der Waals surface area contributed by atoms with Crippen molar-refractivity contribution in [3.63, 3.8) is 0 Å². The van der Waals surface area contributed by atoms with E-state index in [0.29, 0.717) is 37.5 Å². The Hall–Kier alpha value is -3.49. The lowest BCUT2D eigenvalue weighted by Crippen LogP contribution is -2.16. The Morgan fingerprint density at radius 1 is 1.03 bits per heavy atom. The van der Waals surface area contributed by atoms with Crippen LogP contribution in [-0.2, 0) is 18.9 Å². The van der Waals surface area contributed by atoms with E-state index in [1.165, 1.54) is 0 Å². The van der Waals surface area contributed by atoms with Gasteiger partial charge in [0.15, 0.2) is 5.82 Å². The van der Waals surface area contributed by atoms with Crippen LogP contribution < -0.4 is 0 Å². The Kier molecular flexibility index (Phi) is 6.34. The first-order valence-electron chi connectivity index (χ1n) is 10.8. The molecule has 0 bridgehead atoms. The number of hydrogen-bond acceptors (Lipinski definition) is 5. The highest BCUT2D eigenvalue weighted by atomic mass is 19.3. The Morgan fingerprint density at radius 2 is 1.84 bits per heavy atom. The smallest absolute Gasteiger partial charge is 0.250 e. The summed E-state index contributed by atoms with van der Waals surface area (Å²) in [6.07, 6.45) is 1.25. The van der Waals surface area contributed by atoms with Gasteiger partial charge in [0.1, 0.15) is 5.82 Å². The van der Waals surface area contributed by atoms with E-state index in [-0.39, 0.29) is 6.42 Å². The van der Waals surface area contributed by atoms with Gasteiger partial charge < -0.3 is 0 Å². The quantitative estimate of drug-likeness (QED) is 0.397. The molecule has 0 saturated carbocycles. The summed E-state index contributed by atoms with van der Waals surface area (Å²) in [6, 6.07) is 15.9. The van der Waals surface area contributed by atoms with Crippen LogP contribution >= 0.6 is 0 Å². The Labute approximate surface area is 184 Å². The third-order valence-electron chi connectivity index (χ3n) is 5.35. The maximum absolute atomic E-state index is 14.5. The Bertz CT molecular complexity index is 1150. The van der Waals surface area contributed by atoms with Gasteiger partial charge in [0.05, 0.1) is 0 Å². The maximum Gasteiger partial charge on any atom is 0.308 e. The number of nitrogens with zero attached hydrogens (tertiary/aromatic N) is 6. The second-order valence-corrected chi connectivity index (χ2v) is 7.65. The van der Waals surface area contributed by atoms with Crippen LogP contribution in [0.3, 0.4) is 0 Å². The van der Waals surface area contributed by atoms with Crippen molar-refractivity contribution >= 4 is 0 Å². The number of tetrazole rings is 1. The van der Waals surface area contributed by atoms with Crippen molar-refractivity contribution in [2.75, 3.05) is 0 Å². The molecular weight excluding hydrogens is 412 g/mol. The molecule has 0 amide bonds. The Balaban J connectivity index is 1.69. The number of aryl methyl sites for hydroxylation is 1. The monoisotopic (exact) mass is 437 g/mol. The van der Waals surface area contributed by atoms with E-state index in [2.05, 4.69) is 30.7 Å². The molecule has 0 radical (unpaired) electrons. The van der Waals surface area contributed by atoms with Crippen LogP contribution in [0.4, 0.5) is 8.78 Å². The lowest BCUT2D eigenvalue weighted by molar-refractivity contribution is -0.0245. The standard InChI is InChI=1S/C23H25F2N7/c1-3-5-13-23(24,25)22-26-20(32(4-2)29-22)15-16-11-12-18(17-9-7-6-8-10-17)19(14-16)21-27-30-31-28-21/h6-12,14H,3-5,13,15H2,1-2H3,(H,27,28,30,31). The van der Waals surface area contributed by atoms with Crippen LogP contribution in [-0.4, -0.2) is 35.4 Å². The third-order valence-corrected chi connectivity index (χ3v) is 5.35. The maximum atomic E-state index is 14.5. The molecule has 7 nitrogen and oxygen atoms in total. The predicted molar refractivity (Wildman–Crippen MR) is 117 cm³/mol. The van der Waals surface area contributed by atoms with Crippen molar-refractivity contribution < 1.29 is 8.78 Å². The number of benzene rings is 2. The number of hydrogen-bond donors (Lipinski definition) is 1. The zero-order valence-corrected chi connectivity index (χ0v) is 18.1. The van der Waals surface area contributed by atoms with E-state index in [1.54, 1.807) is 4.68 Å². The van der Waals surface area contributed by atoms with Gasteiger partial charge in [-0.15, -0.1) is 10.2 Å². The highest BCUT2D eigenvalue weighted by Gasteiger charge is 2.36. The SMILES string of the molecule is CCCCC(F)(F)c1nc(Cc2ccc(-c3ccccc3)c(-c3nnn[nH]3)c2)n(CC)n1. The van der Waals surface area contributed by atoms with Gasteiger partial charge >= 0.3 is 5.92 Å². The van der Waals surface area contributed by atoms with Crippen molar-refractivity contribution in [1.82, 2.24) is 35.4 Å². The zero-order chi connectivity index (χ0) is 22.6. The summed E-state index contributed by atoms with van der Waals surface area (Å²) in [7, 11) is 0. The van der Waals surface area contributed by atoms with Gasteiger partial charge in [-0.05, 0) is 46.5 Å². The van der Waals surface area contributed by atoms with Gasteiger partial charge in [-0.3, -0.25) is 0 Å². The fourth-order valence-electron chi connectivity index (χ4n) is 3.65. The molecule has 2 aromatic carbocycles. The summed E-state index contributed by atoms with van der Waals surface area (Å²) in [6.45, 7) is 4.23. The van der Waals surface area contributed by atoms with Gasteiger partial charge in [-0.1, -0.05) is 55.8 Å². The molecule has 0 saturated heterocycles. The van der Waals surface area contributed by atoms with Gasteiger partial charge in [0.2, 0.25) is 5.82 Å². The van der Waals surface area contributed by atoms with Crippen molar-refractivity contribution in [2.45, 2.75) is 52.0 Å². The molecule has 4 aromatic rings. The molecule has 4 rings (SSSR count). The first-order valence-corrected chi connectivity index (χ1v) is 10.8. The molecule has 166 valence electrons. The number of halogens is 2. The summed E-state index contributed by atoms with van der Waals surface area (Å²) < 4.78 is 30.6. The molecule has 0 aliphatic rings. The van der Waals surface area contributed by atoms with Crippen LogP contribution in [0, 0.1) is 0 Å². The summed E-state index contributed by atoms with van der Waals surface area (Å²) in [4.78, 5) is 4.23. The molecule has 2 aromatic heterocycles. The molecule has 0 aliphatic carbocycles. The molecule has 0 atom stereocenters. The number of alkyl halides is 2. The highest BCUT2D eigenvalue weighted by molar-refractivity contribution is 5.80. The van der Waals surface area contributed by atoms with E-state index in [0.717, 1.165) is 22.3 Å². The van der Waals surface area contributed by atoms with Crippen LogP contribution in [0.2, 0.25) is 0 Å². The molecular formula is C23H25F2N7. The zero-order valence-electron chi connectivity index (χ0n) is 18.1. The van der Waals surface area contributed by atoms with E-state index < -0.39 is 11.7 Å². The number of nitrogens with one attached hydrogen (secondary N) is 1. The number of rotatable bonds is 9. The van der Waals surface area contributed by atoms with Crippen molar-refractivity contribution in [1.29, 1.82) is 0 Å². The Morgan fingerprint density at radius 3 is 2.53 bits per heavy atom. The fraction of sp³-hybridized carbons (Fsp3) is 0.348. The second kappa shape index (κ2) is 9.33. The van der Waals surface area contributed by atoms with Crippen molar-refractivity contribution in [2.24, 2.45) is 0 Å². The normalized spacial score (nSPS) is 11.8. The lowest BCUT2D eigenvalue weighted by Gasteiger charge is -2.11. The van der Waals surface area contributed by atoms with Crippen LogP contribution in [0.15, 0.2) is 48.5 Å². The minimum absolute atomic E-state index is 0.245. The molecule has 2 heterocycles. The molecule has 9 heteroatoms. The summed E-state index contributed by atoms with van der Waals surface area (Å²) in [5, 5.41) is 18.4. The van der Waals surface area contributed by atoms with Crippen molar-refractivity contribution in [3.8, 4) is 22.5 Å². The van der Waals surface area contributed by atoms with Gasteiger partial charge in [0, 0.05) is 24.9 Å². The van der Waals surface area contributed by atoms with Crippen molar-refractivity contribution in [3.05, 3.63) is 65.7 Å². The number of H-pyrrole nitrogens is 1. The van der Waals surface area contributed by atoms with E-state index in [9.17, 15) is 8.78 Å². The highest BCUT2D eigenvalue weighted by Crippen LogP contribution is 2.33. The minimum atomic E-state index is -3.03. The first-order chi connectivity index (χ1) is 15.5. The van der Waals surface area contributed by atoms with Crippen LogP contribution in [0.25, 0.3) is 22.5 Å². The third kappa shape index (κ3) is 4.56. The molecule has 1 N–H and O–H groups in total. The molecule has 0 aliphatic heterocycles. The lowest BCUT2D eigenvalue weighted by atomic mass is 9.96. The average molecular weight is 437 g/mol. The second-order valence-electron chi connectivity index (χ2n) is 7.65. The van der Waals surface area contributed by atoms with Gasteiger partial charge in [-0.25, -0.2) is 14.8 Å². The minimum Gasteiger partial charge on any atom is -0.250 e. The summed E-state index contributed by atoms with van der Waals surface area (Å²) in [5.74, 6) is -2.38. The fourth-order valence-corrected chi connectivity index (χ4v) is 3.65. The van der Waals surface area contributed by atoms with E-state index in [4.69, 9.17) is 0 Å². The van der Waals surface area contributed by atoms with Gasteiger partial charge in [0.25, 0.3) is 0 Å². The van der Waals surface area contributed by atoms with Crippen LogP contribution in [0.1, 0.15) is 50.3 Å². The predicted octanol–water partition coefficient (Wildman–Crippen LogP) is 5.02. The molecule has 0 spiro atoms. The molecule has 0 unspecified atom stereocenters. The average Bonchev–Trinajstić information content (AvgIpc) is 3.49. The first kappa shape index (κ1) is 21.7. The van der Waals surface area contributed by atoms with E-state index in [1.807, 2.05) is 62.4 Å². The van der Waals surface area contributed by atoms with Gasteiger partial charge in [-0.2, -0.15) is 8.78 Å². The molecule has 0 fully saturated rings. The summed E-state index contributed by atoms with van der Waals surface area (Å²) in [5.41, 5.74) is 3.73. The van der Waals surface area contributed by atoms with Crippen LogP contribution in [0.5, 0.6) is 0 Å². The van der Waals surface area contributed by atoms with E-state index >= 15 is 0 Å². The topological polar surface area (TPSA) is 85.2 Å². The summed E-state index contributed by atoms with van der Waals surface area (Å²) >= 11 is 0. The molecule has 32 heavy (non-hydrogen) atoms. The largest absolute Gasteiger partial charge is 0.308 e. The number of aromatic amines is 1. The number of unbranched alkanes of at least 4 members (excludes halogenated alkanes) is 1.